The van der Waals surface area contributed by atoms with Gasteiger partial charge >= 0.3 is 5.69 Å². The number of anilines is 2. The summed E-state index contributed by atoms with van der Waals surface area (Å²) in [6, 6.07) is 3.65. The molecule has 0 atom stereocenters. The maximum Gasteiger partial charge on any atom is 0.330 e. The molecule has 0 saturated heterocycles. The molecule has 2 aromatic rings. The van der Waals surface area contributed by atoms with Gasteiger partial charge in [0.1, 0.15) is 23.0 Å². The van der Waals surface area contributed by atoms with Crippen molar-refractivity contribution in [3.63, 3.8) is 0 Å². The summed E-state index contributed by atoms with van der Waals surface area (Å²) < 4.78 is 6.78. The Hall–Kier alpha value is -2.44. The summed E-state index contributed by atoms with van der Waals surface area (Å²) in [4.78, 5) is 26.0. The zero-order valence-electron chi connectivity index (χ0n) is 12.4. The van der Waals surface area contributed by atoms with E-state index in [-0.39, 0.29) is 17.4 Å². The number of H-pyrrole nitrogens is 1. The Bertz CT molecular complexity index is 739. The van der Waals surface area contributed by atoms with Crippen molar-refractivity contribution in [3.8, 4) is 0 Å². The maximum atomic E-state index is 11.9. The Kier molecular flexibility index (Phi) is 4.21. The molecule has 2 rings (SSSR count). The quantitative estimate of drug-likeness (QED) is 0.770. The average Bonchev–Trinajstić information content (AvgIpc) is 2.80. The highest BCUT2D eigenvalue weighted by atomic mass is 16.3. The van der Waals surface area contributed by atoms with E-state index in [0.29, 0.717) is 18.8 Å². The van der Waals surface area contributed by atoms with E-state index in [1.54, 1.807) is 0 Å². The number of nitrogens with two attached hydrogens (primary N) is 1. The highest BCUT2D eigenvalue weighted by Crippen LogP contribution is 2.14. The second kappa shape index (κ2) is 5.90. The maximum absolute atomic E-state index is 11.9. The van der Waals surface area contributed by atoms with Crippen LogP contribution in [0.4, 0.5) is 11.5 Å². The lowest BCUT2D eigenvalue weighted by Gasteiger charge is -2.14. The molecule has 0 saturated carbocycles. The summed E-state index contributed by atoms with van der Waals surface area (Å²) in [5.41, 5.74) is 5.12. The number of rotatable bonds is 5. The molecule has 0 aliphatic carbocycles. The molecule has 0 fully saturated rings. The Labute approximate surface area is 121 Å². The van der Waals surface area contributed by atoms with Crippen molar-refractivity contribution < 1.29 is 4.42 Å². The number of furan rings is 1. The van der Waals surface area contributed by atoms with Crippen molar-refractivity contribution in [1.82, 2.24) is 9.55 Å². The van der Waals surface area contributed by atoms with E-state index in [1.807, 2.05) is 32.9 Å². The first-order valence-corrected chi connectivity index (χ1v) is 6.80. The molecule has 21 heavy (non-hydrogen) atoms. The molecule has 0 amide bonds. The lowest BCUT2D eigenvalue weighted by molar-refractivity contribution is 0.489. The molecule has 0 aliphatic heterocycles. The number of aromatic nitrogens is 2. The van der Waals surface area contributed by atoms with E-state index in [4.69, 9.17) is 10.2 Å². The molecule has 0 unspecified atom stereocenters. The van der Waals surface area contributed by atoms with Gasteiger partial charge in [0.25, 0.3) is 5.56 Å². The minimum atomic E-state index is -0.527. The Morgan fingerprint density at radius 2 is 2.10 bits per heavy atom. The fraction of sp³-hybridized carbons (Fsp3) is 0.429. The fourth-order valence-electron chi connectivity index (χ4n) is 2.06. The van der Waals surface area contributed by atoms with Crippen molar-refractivity contribution in [1.29, 1.82) is 0 Å². The predicted octanol–water partition coefficient (Wildman–Crippen LogP) is 1.29. The minimum Gasteiger partial charge on any atom is -0.465 e. The lowest BCUT2D eigenvalue weighted by Crippen LogP contribution is -2.35. The molecule has 4 N–H and O–H groups in total. The fourth-order valence-corrected chi connectivity index (χ4v) is 2.06. The summed E-state index contributed by atoms with van der Waals surface area (Å²) in [5, 5.41) is 2.93. The van der Waals surface area contributed by atoms with Crippen LogP contribution in [0, 0.1) is 12.8 Å². The van der Waals surface area contributed by atoms with E-state index in [0.717, 1.165) is 5.76 Å². The standard InChI is InChI=1S/C14H20N4O3/c1-8(2)7-18-12(15)11(13(19)17-14(18)20)16-6-10-5-4-9(3)21-10/h4-5,8,16H,6-7,15H2,1-3H3,(H,17,19,20). The van der Waals surface area contributed by atoms with Crippen LogP contribution >= 0.6 is 0 Å². The molecule has 0 bridgehead atoms. The van der Waals surface area contributed by atoms with Gasteiger partial charge in [-0.2, -0.15) is 0 Å². The van der Waals surface area contributed by atoms with Crippen molar-refractivity contribution in [2.24, 2.45) is 5.92 Å². The molecule has 114 valence electrons. The average molecular weight is 292 g/mol. The predicted molar refractivity (Wildman–Crippen MR) is 81.3 cm³/mol. The Morgan fingerprint density at radius 3 is 2.67 bits per heavy atom. The molecule has 2 heterocycles. The molecule has 0 aliphatic rings. The first-order valence-electron chi connectivity index (χ1n) is 6.80. The molecule has 7 heteroatoms. The summed E-state index contributed by atoms with van der Waals surface area (Å²) >= 11 is 0. The van der Waals surface area contributed by atoms with Crippen molar-refractivity contribution >= 4 is 11.5 Å². The molecular formula is C14H20N4O3. The third kappa shape index (κ3) is 3.36. The second-order valence-corrected chi connectivity index (χ2v) is 5.39. The van der Waals surface area contributed by atoms with Gasteiger partial charge in [0.15, 0.2) is 0 Å². The third-order valence-corrected chi connectivity index (χ3v) is 3.02. The largest absolute Gasteiger partial charge is 0.465 e. The van der Waals surface area contributed by atoms with Gasteiger partial charge in [-0.15, -0.1) is 0 Å². The van der Waals surface area contributed by atoms with Gasteiger partial charge in [0, 0.05) is 6.54 Å². The van der Waals surface area contributed by atoms with E-state index < -0.39 is 11.2 Å². The van der Waals surface area contributed by atoms with Gasteiger partial charge in [-0.25, -0.2) is 4.79 Å². The van der Waals surface area contributed by atoms with Crippen LogP contribution in [0.25, 0.3) is 0 Å². The highest BCUT2D eigenvalue weighted by Gasteiger charge is 2.13. The van der Waals surface area contributed by atoms with Crippen LogP contribution in [-0.2, 0) is 13.1 Å². The van der Waals surface area contributed by atoms with Crippen LogP contribution in [0.1, 0.15) is 25.4 Å². The third-order valence-electron chi connectivity index (χ3n) is 3.02. The number of nitrogens with zero attached hydrogens (tertiary/aromatic N) is 1. The number of aromatic amines is 1. The molecule has 2 aromatic heterocycles. The van der Waals surface area contributed by atoms with Crippen molar-refractivity contribution in [2.45, 2.75) is 33.9 Å². The zero-order valence-corrected chi connectivity index (χ0v) is 12.4. The van der Waals surface area contributed by atoms with Crippen LogP contribution in [0.2, 0.25) is 0 Å². The number of aryl methyl sites for hydroxylation is 1. The van der Waals surface area contributed by atoms with Gasteiger partial charge in [-0.1, -0.05) is 13.8 Å². The van der Waals surface area contributed by atoms with E-state index in [2.05, 4.69) is 10.3 Å². The number of nitrogens with one attached hydrogen (secondary N) is 2. The number of nitrogen functional groups attached to an aromatic ring is 1. The highest BCUT2D eigenvalue weighted by molar-refractivity contribution is 5.60. The smallest absolute Gasteiger partial charge is 0.330 e. The zero-order chi connectivity index (χ0) is 15.6. The molecule has 0 spiro atoms. The molecule has 0 aromatic carbocycles. The van der Waals surface area contributed by atoms with Crippen molar-refractivity contribution in [2.75, 3.05) is 11.1 Å². The van der Waals surface area contributed by atoms with Gasteiger partial charge in [0.05, 0.1) is 6.54 Å². The first kappa shape index (κ1) is 15.0. The Morgan fingerprint density at radius 1 is 1.38 bits per heavy atom. The topological polar surface area (TPSA) is 106 Å². The Balaban J connectivity index is 2.30. The molecule has 7 nitrogen and oxygen atoms in total. The van der Waals surface area contributed by atoms with Crippen LogP contribution in [0.15, 0.2) is 26.1 Å². The number of hydrogen-bond donors (Lipinski definition) is 3. The molecule has 0 radical (unpaired) electrons. The van der Waals surface area contributed by atoms with E-state index in [1.165, 1.54) is 4.57 Å². The van der Waals surface area contributed by atoms with Gasteiger partial charge in [-0.3, -0.25) is 14.3 Å². The van der Waals surface area contributed by atoms with Gasteiger partial charge in [-0.05, 0) is 25.0 Å². The summed E-state index contributed by atoms with van der Waals surface area (Å²) in [5.74, 6) is 1.85. The second-order valence-electron chi connectivity index (χ2n) is 5.39. The van der Waals surface area contributed by atoms with Crippen LogP contribution < -0.4 is 22.3 Å². The van der Waals surface area contributed by atoms with Gasteiger partial charge in [0.2, 0.25) is 0 Å². The molecular weight excluding hydrogens is 272 g/mol. The summed E-state index contributed by atoms with van der Waals surface area (Å²) in [6.45, 7) is 6.54. The van der Waals surface area contributed by atoms with Gasteiger partial charge < -0.3 is 15.5 Å². The van der Waals surface area contributed by atoms with Crippen molar-refractivity contribution in [3.05, 3.63) is 44.5 Å². The normalized spacial score (nSPS) is 11.0. The van der Waals surface area contributed by atoms with E-state index >= 15 is 0 Å². The minimum absolute atomic E-state index is 0.140. The summed E-state index contributed by atoms with van der Waals surface area (Å²) in [6.07, 6.45) is 0. The monoisotopic (exact) mass is 292 g/mol. The van der Waals surface area contributed by atoms with Crippen LogP contribution in [0.5, 0.6) is 0 Å². The number of hydrogen-bond acceptors (Lipinski definition) is 5. The van der Waals surface area contributed by atoms with Crippen LogP contribution in [-0.4, -0.2) is 9.55 Å². The SMILES string of the molecule is Cc1ccc(CNc2c(N)n(CC(C)C)c(=O)[nH]c2=O)o1. The lowest BCUT2D eigenvalue weighted by atomic mass is 10.2. The summed E-state index contributed by atoms with van der Waals surface area (Å²) in [7, 11) is 0. The van der Waals surface area contributed by atoms with E-state index in [9.17, 15) is 9.59 Å². The van der Waals surface area contributed by atoms with Crippen LogP contribution in [0.3, 0.4) is 0 Å². The first-order chi connectivity index (χ1) is 9.88.